The van der Waals surface area contributed by atoms with Crippen molar-refractivity contribution in [3.05, 3.63) is 12.7 Å². The molecule has 0 fully saturated rings. The van der Waals surface area contributed by atoms with Gasteiger partial charge in [-0.05, 0) is 5.41 Å². The summed E-state index contributed by atoms with van der Waals surface area (Å²) in [6, 6.07) is 0. The second-order valence-electron chi connectivity index (χ2n) is 3.66. The van der Waals surface area contributed by atoms with Crippen molar-refractivity contribution < 1.29 is 14.3 Å². The van der Waals surface area contributed by atoms with Gasteiger partial charge >= 0.3 is 5.97 Å². The summed E-state index contributed by atoms with van der Waals surface area (Å²) in [7, 11) is 1.27. The van der Waals surface area contributed by atoms with Gasteiger partial charge in [0.05, 0.1) is 7.11 Å². The van der Waals surface area contributed by atoms with Gasteiger partial charge in [0.1, 0.15) is 12.2 Å². The molecule has 3 heteroatoms. The van der Waals surface area contributed by atoms with Crippen LogP contribution in [-0.2, 0) is 14.3 Å². The summed E-state index contributed by atoms with van der Waals surface area (Å²) >= 11 is 0. The third-order valence-electron chi connectivity index (χ3n) is 1.77. The van der Waals surface area contributed by atoms with E-state index in [0.29, 0.717) is 6.42 Å². The molecule has 0 heterocycles. The van der Waals surface area contributed by atoms with Crippen molar-refractivity contribution in [3.63, 3.8) is 0 Å². The van der Waals surface area contributed by atoms with Gasteiger partial charge in [0, 0.05) is 6.42 Å². The summed E-state index contributed by atoms with van der Waals surface area (Å²) < 4.78 is 4.38. The lowest BCUT2D eigenvalue weighted by Crippen LogP contribution is -2.17. The fraction of sp³-hybridized carbons (Fsp3) is 0.600. The Labute approximate surface area is 78.8 Å². The summed E-state index contributed by atoms with van der Waals surface area (Å²) in [6.07, 6.45) is 1.89. The number of carbonyl (C=O) groups excluding carboxylic acids is 2. The van der Waals surface area contributed by atoms with E-state index >= 15 is 0 Å². The molecule has 0 atom stereocenters. The lowest BCUT2D eigenvalue weighted by molar-refractivity contribution is -0.143. The molecule has 0 N–H and O–H groups in total. The van der Waals surface area contributed by atoms with E-state index in [0.717, 1.165) is 0 Å². The maximum absolute atomic E-state index is 11.2. The van der Waals surface area contributed by atoms with E-state index in [1.807, 2.05) is 13.8 Å². The standard InChI is InChI=1S/C10H16O3/c1-5-10(2,3)7-8(11)6-9(12)13-4/h5H,1,6-7H2,2-4H3. The first-order valence-corrected chi connectivity index (χ1v) is 4.13. The Morgan fingerprint density at radius 1 is 1.46 bits per heavy atom. The molecule has 0 aliphatic rings. The highest BCUT2D eigenvalue weighted by molar-refractivity contribution is 5.95. The summed E-state index contributed by atoms with van der Waals surface area (Å²) in [6.45, 7) is 7.41. The molecule has 0 amide bonds. The zero-order valence-corrected chi connectivity index (χ0v) is 8.42. The van der Waals surface area contributed by atoms with Crippen molar-refractivity contribution in [1.82, 2.24) is 0 Å². The van der Waals surface area contributed by atoms with E-state index < -0.39 is 5.97 Å². The number of Topliss-reactive ketones (excluding diaryl/α,β-unsaturated/α-hetero) is 1. The molecular weight excluding hydrogens is 168 g/mol. The monoisotopic (exact) mass is 184 g/mol. The van der Waals surface area contributed by atoms with Gasteiger partial charge < -0.3 is 4.74 Å². The van der Waals surface area contributed by atoms with Crippen molar-refractivity contribution in [2.24, 2.45) is 5.41 Å². The van der Waals surface area contributed by atoms with E-state index in [1.165, 1.54) is 7.11 Å². The molecule has 0 saturated carbocycles. The molecule has 0 spiro atoms. The van der Waals surface area contributed by atoms with Crippen LogP contribution in [0.15, 0.2) is 12.7 Å². The summed E-state index contributed by atoms with van der Waals surface area (Å²) in [5.74, 6) is -0.596. The minimum Gasteiger partial charge on any atom is -0.469 e. The summed E-state index contributed by atoms with van der Waals surface area (Å²) in [5.41, 5.74) is -0.245. The number of esters is 1. The highest BCUT2D eigenvalue weighted by Crippen LogP contribution is 2.22. The SMILES string of the molecule is C=CC(C)(C)CC(=O)CC(=O)OC. The third-order valence-corrected chi connectivity index (χ3v) is 1.77. The second kappa shape index (κ2) is 4.80. The van der Waals surface area contributed by atoms with Crippen LogP contribution in [0.4, 0.5) is 0 Å². The molecule has 0 radical (unpaired) electrons. The highest BCUT2D eigenvalue weighted by atomic mass is 16.5. The van der Waals surface area contributed by atoms with Crippen molar-refractivity contribution in [1.29, 1.82) is 0 Å². The lowest BCUT2D eigenvalue weighted by atomic mass is 9.87. The number of methoxy groups -OCH3 is 1. The van der Waals surface area contributed by atoms with E-state index in [4.69, 9.17) is 0 Å². The fourth-order valence-corrected chi connectivity index (χ4v) is 0.876. The summed E-state index contributed by atoms with van der Waals surface area (Å²) in [5, 5.41) is 0. The first-order chi connectivity index (χ1) is 5.91. The van der Waals surface area contributed by atoms with Gasteiger partial charge in [-0.15, -0.1) is 6.58 Å². The number of rotatable bonds is 5. The minimum atomic E-state index is -0.482. The molecule has 0 rings (SSSR count). The van der Waals surface area contributed by atoms with Crippen molar-refractivity contribution in [3.8, 4) is 0 Å². The first kappa shape index (κ1) is 11.9. The molecule has 74 valence electrons. The van der Waals surface area contributed by atoms with E-state index in [2.05, 4.69) is 11.3 Å². The van der Waals surface area contributed by atoms with E-state index in [1.54, 1.807) is 6.08 Å². The van der Waals surface area contributed by atoms with Gasteiger partial charge in [0.2, 0.25) is 0 Å². The van der Waals surface area contributed by atoms with Crippen molar-refractivity contribution in [2.45, 2.75) is 26.7 Å². The molecule has 0 saturated heterocycles. The van der Waals surface area contributed by atoms with Crippen LogP contribution in [0.1, 0.15) is 26.7 Å². The Morgan fingerprint density at radius 3 is 2.38 bits per heavy atom. The molecule has 3 nitrogen and oxygen atoms in total. The summed E-state index contributed by atoms with van der Waals surface area (Å²) in [4.78, 5) is 22.0. The van der Waals surface area contributed by atoms with Crippen LogP contribution >= 0.6 is 0 Å². The number of allylic oxidation sites excluding steroid dienone is 1. The van der Waals surface area contributed by atoms with E-state index in [-0.39, 0.29) is 17.6 Å². The normalized spacial score (nSPS) is 10.7. The van der Waals surface area contributed by atoms with Crippen LogP contribution in [0, 0.1) is 5.41 Å². The highest BCUT2D eigenvalue weighted by Gasteiger charge is 2.19. The fourth-order valence-electron chi connectivity index (χ4n) is 0.876. The van der Waals surface area contributed by atoms with Crippen molar-refractivity contribution >= 4 is 11.8 Å². The molecule has 0 aliphatic heterocycles. The molecule has 0 aromatic rings. The maximum atomic E-state index is 11.2. The molecule has 0 aromatic heterocycles. The minimum absolute atomic E-state index is 0.114. The Bertz CT molecular complexity index is 216. The molecule has 0 bridgehead atoms. The number of hydrogen-bond acceptors (Lipinski definition) is 3. The quantitative estimate of drug-likeness (QED) is 0.371. The Hall–Kier alpha value is -1.12. The first-order valence-electron chi connectivity index (χ1n) is 4.13. The van der Waals surface area contributed by atoms with Gasteiger partial charge in [-0.3, -0.25) is 9.59 Å². The zero-order valence-electron chi connectivity index (χ0n) is 8.42. The Kier molecular flexibility index (Phi) is 4.38. The topological polar surface area (TPSA) is 43.4 Å². The molecule has 13 heavy (non-hydrogen) atoms. The van der Waals surface area contributed by atoms with Gasteiger partial charge in [-0.25, -0.2) is 0 Å². The molecule has 0 unspecified atom stereocenters. The smallest absolute Gasteiger partial charge is 0.313 e. The molecule has 0 aliphatic carbocycles. The predicted octanol–water partition coefficient (Wildman–Crippen LogP) is 1.72. The van der Waals surface area contributed by atoms with Gasteiger partial charge in [-0.2, -0.15) is 0 Å². The number of carbonyl (C=O) groups is 2. The lowest BCUT2D eigenvalue weighted by Gasteiger charge is -2.17. The van der Waals surface area contributed by atoms with Crippen LogP contribution in [0.3, 0.4) is 0 Å². The van der Waals surface area contributed by atoms with Crippen LogP contribution in [0.5, 0.6) is 0 Å². The largest absolute Gasteiger partial charge is 0.469 e. The zero-order chi connectivity index (χ0) is 10.5. The third kappa shape index (κ3) is 5.17. The number of ether oxygens (including phenoxy) is 1. The van der Waals surface area contributed by atoms with Gasteiger partial charge in [0.15, 0.2) is 0 Å². The number of ketones is 1. The second-order valence-corrected chi connectivity index (χ2v) is 3.66. The average molecular weight is 184 g/mol. The maximum Gasteiger partial charge on any atom is 0.313 e. The van der Waals surface area contributed by atoms with Crippen LogP contribution in [0.2, 0.25) is 0 Å². The van der Waals surface area contributed by atoms with Crippen molar-refractivity contribution in [2.75, 3.05) is 7.11 Å². The van der Waals surface area contributed by atoms with Gasteiger partial charge in [-0.1, -0.05) is 19.9 Å². The number of hydrogen-bond donors (Lipinski definition) is 0. The Morgan fingerprint density at radius 2 is 2.00 bits per heavy atom. The van der Waals surface area contributed by atoms with Crippen LogP contribution in [0.25, 0.3) is 0 Å². The van der Waals surface area contributed by atoms with E-state index in [9.17, 15) is 9.59 Å². The van der Waals surface area contributed by atoms with Crippen LogP contribution < -0.4 is 0 Å². The Balaban J connectivity index is 4.02. The average Bonchev–Trinajstić information content (AvgIpc) is 2.03. The molecular formula is C10H16O3. The molecule has 0 aromatic carbocycles. The van der Waals surface area contributed by atoms with Gasteiger partial charge in [0.25, 0.3) is 0 Å². The predicted molar refractivity (Wildman–Crippen MR) is 50.2 cm³/mol. The van der Waals surface area contributed by atoms with Crippen LogP contribution in [-0.4, -0.2) is 18.9 Å².